The summed E-state index contributed by atoms with van der Waals surface area (Å²) in [5.74, 6) is -1.52. The van der Waals surface area contributed by atoms with E-state index in [0.717, 1.165) is 11.5 Å². The molecule has 6 nitrogen and oxygen atoms in total. The third-order valence-corrected chi connectivity index (χ3v) is 4.73. The van der Waals surface area contributed by atoms with E-state index in [1.54, 1.807) is 0 Å². The quantitative estimate of drug-likeness (QED) is 0.658. The molecule has 0 fully saturated rings. The number of ether oxygens (including phenoxy) is 1. The van der Waals surface area contributed by atoms with E-state index in [4.69, 9.17) is 38.9 Å². The second-order valence-electron chi connectivity index (χ2n) is 5.32. The maximum absolute atomic E-state index is 15.0. The molecule has 3 aromatic rings. The van der Waals surface area contributed by atoms with Crippen LogP contribution in [-0.2, 0) is 6.42 Å². The van der Waals surface area contributed by atoms with Gasteiger partial charge in [0.05, 0.1) is 21.5 Å². The van der Waals surface area contributed by atoms with Crippen LogP contribution in [0.2, 0.25) is 10.0 Å². The van der Waals surface area contributed by atoms with Gasteiger partial charge in [-0.15, -0.1) is 5.10 Å². The van der Waals surface area contributed by atoms with Crippen LogP contribution in [0, 0.1) is 17.1 Å². The minimum atomic E-state index is -0.743. The summed E-state index contributed by atoms with van der Waals surface area (Å²) in [5, 5.41) is 13.0. The number of amides is 1. The molecule has 2 aromatic carbocycles. The Hall–Kier alpha value is -2.73. The van der Waals surface area contributed by atoms with Crippen molar-refractivity contribution in [3.05, 3.63) is 67.9 Å². The lowest BCUT2D eigenvalue weighted by molar-refractivity contribution is 0.0995. The highest BCUT2D eigenvalue weighted by atomic mass is 35.5. The molecule has 0 saturated carbocycles. The van der Waals surface area contributed by atoms with Crippen molar-refractivity contribution in [1.82, 2.24) is 9.59 Å². The van der Waals surface area contributed by atoms with E-state index in [-0.39, 0.29) is 44.8 Å². The molecule has 3 rings (SSSR count). The fraction of sp³-hybridized carbons (Fsp3) is 0.0588. The summed E-state index contributed by atoms with van der Waals surface area (Å²) in [4.78, 5) is 11.8. The first-order valence-electron chi connectivity index (χ1n) is 7.35. The second-order valence-corrected chi connectivity index (χ2v) is 7.01. The molecule has 0 aliphatic heterocycles. The minimum Gasteiger partial charge on any atom is -0.453 e. The second kappa shape index (κ2) is 7.88. The van der Waals surface area contributed by atoms with Crippen molar-refractivity contribution in [2.45, 2.75) is 6.42 Å². The molecule has 136 valence electrons. The number of nitriles is 1. The first-order chi connectivity index (χ1) is 12.9. The zero-order valence-electron chi connectivity index (χ0n) is 13.4. The highest BCUT2D eigenvalue weighted by Crippen LogP contribution is 2.36. The molecule has 0 unspecified atom stereocenters. The number of nitrogens with zero attached hydrogens (tertiary/aromatic N) is 3. The lowest BCUT2D eigenvalue weighted by Gasteiger charge is -2.12. The van der Waals surface area contributed by atoms with Gasteiger partial charge in [0.2, 0.25) is 0 Å². The molecule has 0 spiro atoms. The average molecular weight is 423 g/mol. The van der Waals surface area contributed by atoms with E-state index in [9.17, 15) is 9.18 Å². The third kappa shape index (κ3) is 4.17. The topological polar surface area (TPSA) is 102 Å². The zero-order chi connectivity index (χ0) is 19.6. The summed E-state index contributed by atoms with van der Waals surface area (Å²) >= 11 is 12.9. The van der Waals surface area contributed by atoms with Crippen LogP contribution in [0.15, 0.2) is 30.3 Å². The number of carbonyl (C=O) groups excluding carboxylic acids is 1. The summed E-state index contributed by atoms with van der Waals surface area (Å²) < 4.78 is 24.2. The van der Waals surface area contributed by atoms with Gasteiger partial charge in [-0.25, -0.2) is 4.39 Å². The van der Waals surface area contributed by atoms with E-state index in [1.807, 2.05) is 6.07 Å². The summed E-state index contributed by atoms with van der Waals surface area (Å²) in [6.07, 6.45) is 0.0360. The summed E-state index contributed by atoms with van der Waals surface area (Å²) in [5.41, 5.74) is 5.70. The van der Waals surface area contributed by atoms with Gasteiger partial charge < -0.3 is 10.5 Å². The molecule has 0 atom stereocenters. The van der Waals surface area contributed by atoms with Crippen LogP contribution in [-0.4, -0.2) is 15.5 Å². The number of primary amides is 1. The molecule has 0 bridgehead atoms. The number of hydrogen-bond donors (Lipinski definition) is 1. The van der Waals surface area contributed by atoms with Crippen molar-refractivity contribution in [3.63, 3.8) is 0 Å². The Balaban J connectivity index is 1.97. The molecule has 0 aliphatic carbocycles. The van der Waals surface area contributed by atoms with E-state index in [0.29, 0.717) is 4.88 Å². The maximum atomic E-state index is 15.0. The monoisotopic (exact) mass is 422 g/mol. The van der Waals surface area contributed by atoms with Crippen molar-refractivity contribution in [1.29, 1.82) is 5.26 Å². The number of halogens is 3. The highest BCUT2D eigenvalue weighted by Gasteiger charge is 2.20. The fourth-order valence-corrected chi connectivity index (χ4v) is 3.37. The third-order valence-electron chi connectivity index (χ3n) is 3.49. The first kappa shape index (κ1) is 19.0. The number of carbonyl (C=O) groups is 1. The van der Waals surface area contributed by atoms with Crippen molar-refractivity contribution in [2.24, 2.45) is 5.73 Å². The summed E-state index contributed by atoms with van der Waals surface area (Å²) in [7, 11) is 0. The normalized spacial score (nSPS) is 10.4. The molecular formula is C17H9Cl2FN4O2S. The Morgan fingerprint density at radius 3 is 2.81 bits per heavy atom. The van der Waals surface area contributed by atoms with E-state index >= 15 is 0 Å². The van der Waals surface area contributed by atoms with Gasteiger partial charge in [0.1, 0.15) is 5.75 Å². The van der Waals surface area contributed by atoms with E-state index < -0.39 is 11.7 Å². The molecule has 2 N–H and O–H groups in total. The van der Waals surface area contributed by atoms with Crippen LogP contribution in [0.5, 0.6) is 11.5 Å². The van der Waals surface area contributed by atoms with Gasteiger partial charge in [0.15, 0.2) is 17.3 Å². The van der Waals surface area contributed by atoms with Crippen molar-refractivity contribution in [3.8, 4) is 17.6 Å². The lowest BCUT2D eigenvalue weighted by atomic mass is 10.1. The van der Waals surface area contributed by atoms with Gasteiger partial charge in [0.25, 0.3) is 5.91 Å². The molecule has 1 amide bonds. The van der Waals surface area contributed by atoms with Crippen LogP contribution in [0.1, 0.15) is 26.5 Å². The molecule has 27 heavy (non-hydrogen) atoms. The van der Waals surface area contributed by atoms with Crippen LogP contribution in [0.4, 0.5) is 4.39 Å². The first-order valence-corrected chi connectivity index (χ1v) is 8.88. The molecule has 1 heterocycles. The van der Waals surface area contributed by atoms with Gasteiger partial charge in [-0.05, 0) is 41.4 Å². The fourth-order valence-electron chi connectivity index (χ4n) is 2.29. The lowest BCUT2D eigenvalue weighted by Crippen LogP contribution is -2.14. The van der Waals surface area contributed by atoms with Crippen LogP contribution in [0.3, 0.4) is 0 Å². The number of rotatable bonds is 5. The van der Waals surface area contributed by atoms with E-state index in [2.05, 4.69) is 9.59 Å². The Kier molecular flexibility index (Phi) is 5.56. The zero-order valence-corrected chi connectivity index (χ0v) is 15.7. The Morgan fingerprint density at radius 2 is 2.11 bits per heavy atom. The Morgan fingerprint density at radius 1 is 1.33 bits per heavy atom. The predicted molar refractivity (Wildman–Crippen MR) is 98.9 cm³/mol. The smallest absolute Gasteiger partial charge is 0.270 e. The van der Waals surface area contributed by atoms with Crippen molar-refractivity contribution >= 4 is 40.6 Å². The minimum absolute atomic E-state index is 0.00896. The van der Waals surface area contributed by atoms with Gasteiger partial charge in [-0.1, -0.05) is 33.8 Å². The number of benzene rings is 2. The number of hydrogen-bond acceptors (Lipinski definition) is 6. The molecule has 0 radical (unpaired) electrons. The van der Waals surface area contributed by atoms with E-state index in [1.165, 1.54) is 30.3 Å². The maximum Gasteiger partial charge on any atom is 0.270 e. The summed E-state index contributed by atoms with van der Waals surface area (Å²) in [6.45, 7) is 0. The largest absolute Gasteiger partial charge is 0.453 e. The van der Waals surface area contributed by atoms with Gasteiger partial charge >= 0.3 is 0 Å². The SMILES string of the molecule is N#Cc1cc(Cl)cc(Oc2c(Cl)ccc(Cc3snnc3C(N)=O)c2F)c1. The predicted octanol–water partition coefficient (Wildman–Crippen LogP) is 4.34. The average Bonchev–Trinajstić information content (AvgIpc) is 3.09. The standard InChI is InChI=1S/C17H9Cl2FN4O2S/c18-10-3-8(7-21)4-11(6-10)26-16-12(19)2-1-9(14(16)20)5-13-15(17(22)25)23-24-27-13/h1-4,6H,5H2,(H2,22,25). The van der Waals surface area contributed by atoms with Crippen LogP contribution < -0.4 is 10.5 Å². The molecule has 10 heteroatoms. The van der Waals surface area contributed by atoms with Crippen LogP contribution in [0.25, 0.3) is 0 Å². The summed E-state index contributed by atoms with van der Waals surface area (Å²) in [6, 6.07) is 9.15. The number of nitrogens with two attached hydrogens (primary N) is 1. The molecule has 0 saturated heterocycles. The van der Waals surface area contributed by atoms with Gasteiger partial charge in [-0.3, -0.25) is 4.79 Å². The van der Waals surface area contributed by atoms with Crippen LogP contribution >= 0.6 is 34.7 Å². The molecule has 1 aromatic heterocycles. The van der Waals surface area contributed by atoms with Crippen molar-refractivity contribution in [2.75, 3.05) is 0 Å². The number of aromatic nitrogens is 2. The highest BCUT2D eigenvalue weighted by molar-refractivity contribution is 7.05. The van der Waals surface area contributed by atoms with Gasteiger partial charge in [0, 0.05) is 11.4 Å². The Labute approximate surface area is 167 Å². The van der Waals surface area contributed by atoms with Crippen molar-refractivity contribution < 1.29 is 13.9 Å². The van der Waals surface area contributed by atoms with Gasteiger partial charge in [-0.2, -0.15) is 5.26 Å². The molecule has 0 aliphatic rings. The molecular weight excluding hydrogens is 414 g/mol. The Bertz CT molecular complexity index is 1080.